The van der Waals surface area contributed by atoms with Gasteiger partial charge in [0.25, 0.3) is 0 Å². The second kappa shape index (κ2) is 5.86. The highest BCUT2D eigenvalue weighted by atomic mass is 15.0. The molecule has 14 heavy (non-hydrogen) atoms. The van der Waals surface area contributed by atoms with Gasteiger partial charge in [-0.1, -0.05) is 13.8 Å². The lowest BCUT2D eigenvalue weighted by molar-refractivity contribution is 0.513. The summed E-state index contributed by atoms with van der Waals surface area (Å²) >= 11 is 0. The molecule has 1 aromatic rings. The van der Waals surface area contributed by atoms with Crippen LogP contribution in [0.5, 0.6) is 0 Å². The van der Waals surface area contributed by atoms with Crippen molar-refractivity contribution in [3.63, 3.8) is 0 Å². The van der Waals surface area contributed by atoms with Crippen LogP contribution in [-0.2, 0) is 13.1 Å². The molecule has 0 fully saturated rings. The first-order chi connectivity index (χ1) is 6.77. The molecule has 0 radical (unpaired) electrons. The quantitative estimate of drug-likeness (QED) is 0.737. The van der Waals surface area contributed by atoms with Crippen molar-refractivity contribution in [2.45, 2.75) is 52.7 Å². The van der Waals surface area contributed by atoms with E-state index in [4.69, 9.17) is 0 Å². The number of rotatable bonds is 6. The fraction of sp³-hybridized carbons (Fsp3) is 0.667. The number of aryl methyl sites for hydroxylation is 1. The summed E-state index contributed by atoms with van der Waals surface area (Å²) in [7, 11) is 0. The maximum Gasteiger partial charge on any atom is 0.0361 e. The number of hydrogen-bond donors (Lipinski definition) is 1. The third kappa shape index (κ3) is 3.18. The predicted molar refractivity (Wildman–Crippen MR) is 61.3 cm³/mol. The molecule has 0 spiro atoms. The standard InChI is InChI=1S/C12H22N2/c1-4-8-14-9-6-7-12(14)10-13-11(3)5-2/h6-7,9,11,13H,4-5,8,10H2,1-3H3. The molecule has 0 bridgehead atoms. The van der Waals surface area contributed by atoms with Crippen LogP contribution in [0.2, 0.25) is 0 Å². The molecule has 0 saturated heterocycles. The zero-order valence-corrected chi connectivity index (χ0v) is 9.59. The van der Waals surface area contributed by atoms with Crippen LogP contribution in [0.1, 0.15) is 39.3 Å². The van der Waals surface area contributed by atoms with E-state index in [1.807, 2.05) is 0 Å². The minimum absolute atomic E-state index is 0.611. The molecule has 1 unspecified atom stereocenters. The lowest BCUT2D eigenvalue weighted by Gasteiger charge is -2.13. The molecule has 1 N–H and O–H groups in total. The van der Waals surface area contributed by atoms with Gasteiger partial charge in [0.05, 0.1) is 0 Å². The molecule has 2 heteroatoms. The molecule has 0 saturated carbocycles. The van der Waals surface area contributed by atoms with E-state index in [2.05, 4.69) is 49.0 Å². The highest BCUT2D eigenvalue weighted by Crippen LogP contribution is 2.04. The third-order valence-electron chi connectivity index (χ3n) is 2.63. The Morgan fingerprint density at radius 2 is 2.21 bits per heavy atom. The lowest BCUT2D eigenvalue weighted by atomic mass is 10.2. The minimum Gasteiger partial charge on any atom is -0.350 e. The summed E-state index contributed by atoms with van der Waals surface area (Å²) in [6, 6.07) is 4.94. The van der Waals surface area contributed by atoms with Crippen molar-refractivity contribution in [3.8, 4) is 0 Å². The van der Waals surface area contributed by atoms with Crippen LogP contribution in [0.3, 0.4) is 0 Å². The Balaban J connectivity index is 2.45. The SMILES string of the molecule is CCCn1cccc1CNC(C)CC. The predicted octanol–water partition coefficient (Wildman–Crippen LogP) is 2.79. The van der Waals surface area contributed by atoms with Gasteiger partial charge in [0.1, 0.15) is 0 Å². The first-order valence-corrected chi connectivity index (χ1v) is 5.65. The van der Waals surface area contributed by atoms with Gasteiger partial charge in [0.15, 0.2) is 0 Å². The van der Waals surface area contributed by atoms with Crippen LogP contribution < -0.4 is 5.32 Å². The number of nitrogens with one attached hydrogen (secondary N) is 1. The Labute approximate surface area is 87.3 Å². The Morgan fingerprint density at radius 1 is 1.43 bits per heavy atom. The molecule has 0 aliphatic rings. The summed E-state index contributed by atoms with van der Waals surface area (Å²) in [6.45, 7) is 8.77. The van der Waals surface area contributed by atoms with Gasteiger partial charge in [-0.25, -0.2) is 0 Å². The molecule has 0 aliphatic carbocycles. The van der Waals surface area contributed by atoms with E-state index in [1.165, 1.54) is 18.5 Å². The van der Waals surface area contributed by atoms with Gasteiger partial charge in [0, 0.05) is 31.0 Å². The molecule has 2 nitrogen and oxygen atoms in total. The molecule has 1 rings (SSSR count). The summed E-state index contributed by atoms with van der Waals surface area (Å²) in [4.78, 5) is 0. The Hall–Kier alpha value is -0.760. The van der Waals surface area contributed by atoms with Gasteiger partial charge in [-0.15, -0.1) is 0 Å². The zero-order chi connectivity index (χ0) is 10.4. The fourth-order valence-electron chi connectivity index (χ4n) is 1.49. The van der Waals surface area contributed by atoms with Gasteiger partial charge >= 0.3 is 0 Å². The molecule has 1 aromatic heterocycles. The molecular formula is C12H22N2. The van der Waals surface area contributed by atoms with Crippen molar-refractivity contribution >= 4 is 0 Å². The van der Waals surface area contributed by atoms with E-state index < -0.39 is 0 Å². The average molecular weight is 194 g/mol. The van der Waals surface area contributed by atoms with Gasteiger partial charge in [-0.05, 0) is 31.9 Å². The first kappa shape index (κ1) is 11.3. The molecule has 0 aliphatic heterocycles. The topological polar surface area (TPSA) is 17.0 Å². The van der Waals surface area contributed by atoms with Crippen molar-refractivity contribution in [3.05, 3.63) is 24.0 Å². The highest BCUT2D eigenvalue weighted by Gasteiger charge is 2.01. The molecule has 1 atom stereocenters. The Morgan fingerprint density at radius 3 is 2.86 bits per heavy atom. The number of nitrogens with zero attached hydrogens (tertiary/aromatic N) is 1. The smallest absolute Gasteiger partial charge is 0.0361 e. The Bertz CT molecular complexity index is 253. The molecule has 80 valence electrons. The van der Waals surface area contributed by atoms with E-state index >= 15 is 0 Å². The summed E-state index contributed by atoms with van der Waals surface area (Å²) in [5, 5.41) is 3.51. The summed E-state index contributed by atoms with van der Waals surface area (Å²) in [6.07, 6.45) is 4.55. The number of hydrogen-bond acceptors (Lipinski definition) is 1. The fourth-order valence-corrected chi connectivity index (χ4v) is 1.49. The van der Waals surface area contributed by atoms with Crippen LogP contribution >= 0.6 is 0 Å². The number of aromatic nitrogens is 1. The van der Waals surface area contributed by atoms with Gasteiger partial charge in [0.2, 0.25) is 0 Å². The summed E-state index contributed by atoms with van der Waals surface area (Å²) in [5.74, 6) is 0. The monoisotopic (exact) mass is 194 g/mol. The van der Waals surface area contributed by atoms with Crippen molar-refractivity contribution in [2.75, 3.05) is 0 Å². The van der Waals surface area contributed by atoms with Crippen molar-refractivity contribution in [1.82, 2.24) is 9.88 Å². The molecule has 1 heterocycles. The van der Waals surface area contributed by atoms with Crippen LogP contribution in [0, 0.1) is 0 Å². The van der Waals surface area contributed by atoms with Crippen molar-refractivity contribution in [2.24, 2.45) is 0 Å². The molecule has 0 aromatic carbocycles. The van der Waals surface area contributed by atoms with Crippen LogP contribution in [0.4, 0.5) is 0 Å². The maximum atomic E-state index is 3.51. The van der Waals surface area contributed by atoms with E-state index in [0.29, 0.717) is 6.04 Å². The largest absolute Gasteiger partial charge is 0.350 e. The van der Waals surface area contributed by atoms with E-state index in [9.17, 15) is 0 Å². The second-order valence-corrected chi connectivity index (χ2v) is 3.88. The normalized spacial score (nSPS) is 13.1. The maximum absolute atomic E-state index is 3.51. The summed E-state index contributed by atoms with van der Waals surface area (Å²) < 4.78 is 2.33. The lowest BCUT2D eigenvalue weighted by Crippen LogP contribution is -2.25. The van der Waals surface area contributed by atoms with Crippen molar-refractivity contribution in [1.29, 1.82) is 0 Å². The highest BCUT2D eigenvalue weighted by molar-refractivity contribution is 5.06. The molecule has 0 amide bonds. The van der Waals surface area contributed by atoms with E-state index in [-0.39, 0.29) is 0 Å². The molecular weight excluding hydrogens is 172 g/mol. The third-order valence-corrected chi connectivity index (χ3v) is 2.63. The van der Waals surface area contributed by atoms with Gasteiger partial charge in [-0.3, -0.25) is 0 Å². The zero-order valence-electron chi connectivity index (χ0n) is 9.59. The minimum atomic E-state index is 0.611. The van der Waals surface area contributed by atoms with Crippen LogP contribution in [-0.4, -0.2) is 10.6 Å². The average Bonchev–Trinajstić information content (AvgIpc) is 2.62. The Kier molecular flexibility index (Phi) is 4.74. The summed E-state index contributed by atoms with van der Waals surface area (Å²) in [5.41, 5.74) is 1.40. The van der Waals surface area contributed by atoms with Gasteiger partial charge in [-0.2, -0.15) is 0 Å². The van der Waals surface area contributed by atoms with Crippen molar-refractivity contribution < 1.29 is 0 Å². The first-order valence-electron chi connectivity index (χ1n) is 5.65. The van der Waals surface area contributed by atoms with Crippen LogP contribution in [0.25, 0.3) is 0 Å². The van der Waals surface area contributed by atoms with Crippen LogP contribution in [0.15, 0.2) is 18.3 Å². The van der Waals surface area contributed by atoms with Gasteiger partial charge < -0.3 is 9.88 Å². The second-order valence-electron chi connectivity index (χ2n) is 3.88. The van der Waals surface area contributed by atoms with E-state index in [0.717, 1.165) is 13.1 Å². The van der Waals surface area contributed by atoms with E-state index in [1.54, 1.807) is 0 Å².